The van der Waals surface area contributed by atoms with E-state index in [-0.39, 0.29) is 17.7 Å². The standard InChI is InChI=1S/C21H22ClN3O3/c1-28-19-7-3-5-17(13-19)21(27)25-10-8-16(9-11-25)20(26)24-23-14-15-4-2-6-18(22)12-15/h2-7,12-14,16H,8-11H2,1H3,(H,24,26)/b23-14-. The summed E-state index contributed by atoms with van der Waals surface area (Å²) in [5, 5.41) is 4.62. The summed E-state index contributed by atoms with van der Waals surface area (Å²) in [5.41, 5.74) is 3.98. The fourth-order valence-electron chi connectivity index (χ4n) is 3.13. The molecular formula is C21H22ClN3O3. The van der Waals surface area contributed by atoms with E-state index in [1.807, 2.05) is 12.1 Å². The Bertz CT molecular complexity index is 877. The molecule has 146 valence electrons. The summed E-state index contributed by atoms with van der Waals surface area (Å²) in [7, 11) is 1.57. The number of ether oxygens (including phenoxy) is 1. The van der Waals surface area contributed by atoms with Gasteiger partial charge in [0.25, 0.3) is 5.91 Å². The Morgan fingerprint density at radius 1 is 1.18 bits per heavy atom. The van der Waals surface area contributed by atoms with Crippen molar-refractivity contribution in [1.82, 2.24) is 10.3 Å². The monoisotopic (exact) mass is 399 g/mol. The maximum Gasteiger partial charge on any atom is 0.253 e. The molecule has 6 nitrogen and oxygen atoms in total. The third kappa shape index (κ3) is 5.10. The number of likely N-dealkylation sites (tertiary alicyclic amines) is 1. The Labute approximate surface area is 169 Å². The average molecular weight is 400 g/mol. The first-order valence-corrected chi connectivity index (χ1v) is 9.46. The summed E-state index contributed by atoms with van der Waals surface area (Å²) >= 11 is 5.92. The van der Waals surface area contributed by atoms with Crippen LogP contribution < -0.4 is 10.2 Å². The molecule has 3 rings (SSSR count). The first-order valence-electron chi connectivity index (χ1n) is 9.08. The normalized spacial score (nSPS) is 14.9. The van der Waals surface area contributed by atoms with Crippen molar-refractivity contribution in [3.05, 3.63) is 64.7 Å². The minimum Gasteiger partial charge on any atom is -0.497 e. The van der Waals surface area contributed by atoms with Crippen LogP contribution in [-0.2, 0) is 4.79 Å². The lowest BCUT2D eigenvalue weighted by Crippen LogP contribution is -2.42. The summed E-state index contributed by atoms with van der Waals surface area (Å²) in [5.74, 6) is 0.312. The molecule has 0 bridgehead atoms. The molecule has 1 heterocycles. The molecule has 0 radical (unpaired) electrons. The van der Waals surface area contributed by atoms with Crippen molar-refractivity contribution in [2.24, 2.45) is 11.0 Å². The highest BCUT2D eigenvalue weighted by atomic mass is 35.5. The Kier molecular flexibility index (Phi) is 6.66. The minimum absolute atomic E-state index is 0.0447. The van der Waals surface area contributed by atoms with Gasteiger partial charge < -0.3 is 9.64 Å². The third-order valence-electron chi connectivity index (χ3n) is 4.71. The van der Waals surface area contributed by atoms with Gasteiger partial charge in [-0.2, -0.15) is 5.10 Å². The van der Waals surface area contributed by atoms with Crippen LogP contribution >= 0.6 is 11.6 Å². The fraction of sp³-hybridized carbons (Fsp3) is 0.286. The molecule has 2 aromatic rings. The first kappa shape index (κ1) is 19.9. The van der Waals surface area contributed by atoms with Crippen molar-refractivity contribution in [3.63, 3.8) is 0 Å². The van der Waals surface area contributed by atoms with Crippen LogP contribution in [0.3, 0.4) is 0 Å². The zero-order valence-corrected chi connectivity index (χ0v) is 16.4. The summed E-state index contributed by atoms with van der Waals surface area (Å²) in [6, 6.07) is 14.3. The smallest absolute Gasteiger partial charge is 0.253 e. The predicted molar refractivity (Wildman–Crippen MR) is 109 cm³/mol. The van der Waals surface area contributed by atoms with E-state index in [1.165, 1.54) is 0 Å². The number of benzene rings is 2. The summed E-state index contributed by atoms with van der Waals surface area (Å²) in [4.78, 5) is 26.7. The molecule has 0 spiro atoms. The molecule has 0 unspecified atom stereocenters. The number of piperidine rings is 1. The van der Waals surface area contributed by atoms with E-state index in [9.17, 15) is 9.59 Å². The number of methoxy groups -OCH3 is 1. The number of hydrogen-bond acceptors (Lipinski definition) is 4. The maximum atomic E-state index is 12.6. The average Bonchev–Trinajstić information content (AvgIpc) is 2.73. The highest BCUT2D eigenvalue weighted by molar-refractivity contribution is 6.30. The molecule has 0 aromatic heterocycles. The summed E-state index contributed by atoms with van der Waals surface area (Å²) in [6.45, 7) is 1.07. The molecule has 0 atom stereocenters. The minimum atomic E-state index is -0.161. The van der Waals surface area contributed by atoms with Crippen molar-refractivity contribution in [1.29, 1.82) is 0 Å². The topological polar surface area (TPSA) is 71.0 Å². The second kappa shape index (κ2) is 9.37. The van der Waals surface area contributed by atoms with Gasteiger partial charge in [0.1, 0.15) is 5.75 Å². The van der Waals surface area contributed by atoms with E-state index >= 15 is 0 Å². The van der Waals surface area contributed by atoms with Crippen LogP contribution in [0.1, 0.15) is 28.8 Å². The fourth-order valence-corrected chi connectivity index (χ4v) is 3.33. The van der Waals surface area contributed by atoms with Crippen LogP contribution in [0.25, 0.3) is 0 Å². The molecule has 1 fully saturated rings. The lowest BCUT2D eigenvalue weighted by molar-refractivity contribution is -0.126. The van der Waals surface area contributed by atoms with E-state index in [0.717, 1.165) is 5.56 Å². The predicted octanol–water partition coefficient (Wildman–Crippen LogP) is 3.35. The second-order valence-corrected chi connectivity index (χ2v) is 7.02. The number of rotatable bonds is 5. The quantitative estimate of drug-likeness (QED) is 0.619. The van der Waals surface area contributed by atoms with Crippen LogP contribution in [-0.4, -0.2) is 43.1 Å². The number of nitrogens with zero attached hydrogens (tertiary/aromatic N) is 2. The first-order chi connectivity index (χ1) is 13.6. The highest BCUT2D eigenvalue weighted by Gasteiger charge is 2.27. The Hall–Kier alpha value is -2.86. The van der Waals surface area contributed by atoms with Crippen molar-refractivity contribution in [3.8, 4) is 5.75 Å². The number of carbonyl (C=O) groups excluding carboxylic acids is 2. The molecule has 7 heteroatoms. The van der Waals surface area contributed by atoms with Crippen LogP contribution in [0, 0.1) is 5.92 Å². The molecule has 1 aliphatic rings. The Morgan fingerprint density at radius 2 is 1.93 bits per heavy atom. The zero-order valence-electron chi connectivity index (χ0n) is 15.6. The van der Waals surface area contributed by atoms with Crippen LogP contribution in [0.2, 0.25) is 5.02 Å². The lowest BCUT2D eigenvalue weighted by atomic mass is 9.95. The van der Waals surface area contributed by atoms with Gasteiger partial charge >= 0.3 is 0 Å². The lowest BCUT2D eigenvalue weighted by Gasteiger charge is -2.31. The van der Waals surface area contributed by atoms with Gasteiger partial charge in [0.2, 0.25) is 5.91 Å². The van der Waals surface area contributed by atoms with E-state index in [0.29, 0.717) is 42.3 Å². The van der Waals surface area contributed by atoms with E-state index < -0.39 is 0 Å². The molecule has 0 saturated carbocycles. The number of carbonyl (C=O) groups is 2. The summed E-state index contributed by atoms with van der Waals surface area (Å²) in [6.07, 6.45) is 2.77. The van der Waals surface area contributed by atoms with E-state index in [2.05, 4.69) is 10.5 Å². The van der Waals surface area contributed by atoms with Crippen molar-refractivity contribution in [2.45, 2.75) is 12.8 Å². The largest absolute Gasteiger partial charge is 0.497 e. The third-order valence-corrected chi connectivity index (χ3v) is 4.94. The van der Waals surface area contributed by atoms with Gasteiger partial charge in [-0.15, -0.1) is 0 Å². The van der Waals surface area contributed by atoms with Crippen molar-refractivity contribution < 1.29 is 14.3 Å². The van der Waals surface area contributed by atoms with Gasteiger partial charge in [0.15, 0.2) is 0 Å². The Balaban J connectivity index is 1.50. The van der Waals surface area contributed by atoms with Crippen molar-refractivity contribution in [2.75, 3.05) is 20.2 Å². The molecule has 1 aliphatic heterocycles. The number of nitrogens with one attached hydrogen (secondary N) is 1. The maximum absolute atomic E-state index is 12.6. The molecule has 1 N–H and O–H groups in total. The van der Waals surface area contributed by atoms with Gasteiger partial charge in [-0.1, -0.05) is 29.8 Å². The van der Waals surface area contributed by atoms with Gasteiger partial charge in [-0.25, -0.2) is 5.43 Å². The summed E-state index contributed by atoms with van der Waals surface area (Å²) < 4.78 is 5.17. The number of hydrogen-bond donors (Lipinski definition) is 1. The number of hydrazone groups is 1. The van der Waals surface area contributed by atoms with E-state index in [4.69, 9.17) is 16.3 Å². The number of amides is 2. The molecule has 1 saturated heterocycles. The molecule has 0 aliphatic carbocycles. The van der Waals surface area contributed by atoms with Gasteiger partial charge in [-0.3, -0.25) is 9.59 Å². The molecule has 28 heavy (non-hydrogen) atoms. The van der Waals surface area contributed by atoms with Gasteiger partial charge in [0.05, 0.1) is 13.3 Å². The van der Waals surface area contributed by atoms with Crippen LogP contribution in [0.5, 0.6) is 5.75 Å². The van der Waals surface area contributed by atoms with E-state index in [1.54, 1.807) is 54.6 Å². The van der Waals surface area contributed by atoms with Gasteiger partial charge in [-0.05, 0) is 48.7 Å². The molecule has 2 amide bonds. The molecule has 2 aromatic carbocycles. The highest BCUT2D eigenvalue weighted by Crippen LogP contribution is 2.21. The zero-order chi connectivity index (χ0) is 19.9. The Morgan fingerprint density at radius 3 is 2.64 bits per heavy atom. The SMILES string of the molecule is COc1cccc(C(=O)N2CCC(C(=O)N/N=C\c3cccc(Cl)c3)CC2)c1. The molecular weight excluding hydrogens is 378 g/mol. The number of halogens is 1. The van der Waals surface area contributed by atoms with Gasteiger partial charge in [0, 0.05) is 29.6 Å². The van der Waals surface area contributed by atoms with Crippen molar-refractivity contribution >= 4 is 29.6 Å². The second-order valence-electron chi connectivity index (χ2n) is 6.59. The van der Waals surface area contributed by atoms with Crippen LogP contribution in [0.15, 0.2) is 53.6 Å². The van der Waals surface area contributed by atoms with Crippen LogP contribution in [0.4, 0.5) is 0 Å².